The zero-order chi connectivity index (χ0) is 11.3. The SMILES string of the molecule is COC(CNC(C)C)c1ccc(C)cc1. The summed E-state index contributed by atoms with van der Waals surface area (Å²) < 4.78 is 5.46. The van der Waals surface area contributed by atoms with Gasteiger partial charge in [-0.05, 0) is 12.5 Å². The summed E-state index contributed by atoms with van der Waals surface area (Å²) in [6.45, 7) is 7.24. The van der Waals surface area contributed by atoms with Gasteiger partial charge in [-0.15, -0.1) is 0 Å². The Morgan fingerprint density at radius 3 is 2.27 bits per heavy atom. The third-order valence-corrected chi connectivity index (χ3v) is 2.45. The van der Waals surface area contributed by atoms with Crippen LogP contribution in [-0.4, -0.2) is 19.7 Å². The molecule has 0 radical (unpaired) electrons. The molecule has 1 atom stereocenters. The van der Waals surface area contributed by atoms with E-state index in [9.17, 15) is 0 Å². The summed E-state index contributed by atoms with van der Waals surface area (Å²) in [4.78, 5) is 0. The minimum absolute atomic E-state index is 0.146. The van der Waals surface area contributed by atoms with Gasteiger partial charge in [-0.2, -0.15) is 0 Å². The van der Waals surface area contributed by atoms with E-state index in [1.807, 2.05) is 0 Å². The van der Waals surface area contributed by atoms with Gasteiger partial charge in [0.2, 0.25) is 0 Å². The van der Waals surface area contributed by atoms with Crippen molar-refractivity contribution in [2.45, 2.75) is 32.9 Å². The Morgan fingerprint density at radius 1 is 1.20 bits per heavy atom. The molecule has 0 amide bonds. The zero-order valence-electron chi connectivity index (χ0n) is 10.1. The molecule has 0 heterocycles. The summed E-state index contributed by atoms with van der Waals surface area (Å²) in [6, 6.07) is 9.00. The van der Waals surface area contributed by atoms with Crippen molar-refractivity contribution in [2.75, 3.05) is 13.7 Å². The summed E-state index contributed by atoms with van der Waals surface area (Å²) in [5, 5.41) is 3.38. The lowest BCUT2D eigenvalue weighted by atomic mass is 10.1. The first-order valence-corrected chi connectivity index (χ1v) is 5.46. The Morgan fingerprint density at radius 2 is 1.80 bits per heavy atom. The molecule has 1 unspecified atom stereocenters. The molecule has 1 aromatic rings. The number of aryl methyl sites for hydroxylation is 1. The maximum absolute atomic E-state index is 5.46. The Bertz CT molecular complexity index is 279. The lowest BCUT2D eigenvalue weighted by Crippen LogP contribution is -2.28. The molecule has 1 N–H and O–H groups in total. The zero-order valence-corrected chi connectivity index (χ0v) is 10.1. The van der Waals surface area contributed by atoms with E-state index >= 15 is 0 Å². The van der Waals surface area contributed by atoms with Crippen LogP contribution in [0, 0.1) is 6.92 Å². The molecule has 1 rings (SSSR count). The van der Waals surface area contributed by atoms with Gasteiger partial charge in [0.1, 0.15) is 0 Å². The van der Waals surface area contributed by atoms with Gasteiger partial charge in [0, 0.05) is 19.7 Å². The molecule has 0 spiro atoms. The van der Waals surface area contributed by atoms with Crippen LogP contribution in [0.4, 0.5) is 0 Å². The molecule has 0 aliphatic heterocycles. The van der Waals surface area contributed by atoms with E-state index in [0.29, 0.717) is 6.04 Å². The molecule has 0 bridgehead atoms. The van der Waals surface area contributed by atoms with E-state index in [1.165, 1.54) is 11.1 Å². The van der Waals surface area contributed by atoms with Gasteiger partial charge in [-0.1, -0.05) is 43.7 Å². The average molecular weight is 207 g/mol. The monoisotopic (exact) mass is 207 g/mol. The fourth-order valence-corrected chi connectivity index (χ4v) is 1.46. The van der Waals surface area contributed by atoms with Gasteiger partial charge in [0.05, 0.1) is 6.10 Å². The average Bonchev–Trinajstić information content (AvgIpc) is 2.21. The van der Waals surface area contributed by atoms with Crippen LogP contribution >= 0.6 is 0 Å². The smallest absolute Gasteiger partial charge is 0.0945 e. The van der Waals surface area contributed by atoms with E-state index in [2.05, 4.69) is 50.4 Å². The molecule has 2 heteroatoms. The fourth-order valence-electron chi connectivity index (χ4n) is 1.46. The van der Waals surface area contributed by atoms with Crippen LogP contribution in [0.25, 0.3) is 0 Å². The number of rotatable bonds is 5. The molecule has 0 aromatic heterocycles. The molecule has 84 valence electrons. The third-order valence-electron chi connectivity index (χ3n) is 2.45. The number of methoxy groups -OCH3 is 1. The molecule has 0 saturated carbocycles. The van der Waals surface area contributed by atoms with Crippen LogP contribution in [0.3, 0.4) is 0 Å². The number of hydrogen-bond acceptors (Lipinski definition) is 2. The van der Waals surface area contributed by atoms with Crippen LogP contribution in [0.5, 0.6) is 0 Å². The molecule has 1 aromatic carbocycles. The molecule has 0 aliphatic rings. The second kappa shape index (κ2) is 5.89. The maximum Gasteiger partial charge on any atom is 0.0945 e. The predicted octanol–water partition coefficient (Wildman–Crippen LogP) is 2.68. The normalized spacial score (nSPS) is 13.1. The summed E-state index contributed by atoms with van der Waals surface area (Å²) >= 11 is 0. The summed E-state index contributed by atoms with van der Waals surface area (Å²) in [5.41, 5.74) is 2.52. The summed E-state index contributed by atoms with van der Waals surface area (Å²) in [6.07, 6.45) is 0.146. The first-order chi connectivity index (χ1) is 7.13. The third kappa shape index (κ3) is 4.02. The largest absolute Gasteiger partial charge is 0.375 e. The summed E-state index contributed by atoms with van der Waals surface area (Å²) in [7, 11) is 1.76. The quantitative estimate of drug-likeness (QED) is 0.801. The fraction of sp³-hybridized carbons (Fsp3) is 0.538. The van der Waals surface area contributed by atoms with E-state index in [4.69, 9.17) is 4.74 Å². The minimum atomic E-state index is 0.146. The van der Waals surface area contributed by atoms with Crippen LogP contribution in [0.15, 0.2) is 24.3 Å². The van der Waals surface area contributed by atoms with Crippen molar-refractivity contribution >= 4 is 0 Å². The lowest BCUT2D eigenvalue weighted by molar-refractivity contribution is 0.100. The van der Waals surface area contributed by atoms with Crippen molar-refractivity contribution in [1.29, 1.82) is 0 Å². The number of ether oxygens (including phenoxy) is 1. The minimum Gasteiger partial charge on any atom is -0.375 e. The Labute approximate surface area is 92.6 Å². The topological polar surface area (TPSA) is 21.3 Å². The second-order valence-electron chi connectivity index (χ2n) is 4.20. The highest BCUT2D eigenvalue weighted by Gasteiger charge is 2.09. The van der Waals surface area contributed by atoms with Gasteiger partial charge in [0.25, 0.3) is 0 Å². The van der Waals surface area contributed by atoms with Crippen LogP contribution in [0.2, 0.25) is 0 Å². The predicted molar refractivity (Wildman–Crippen MR) is 64.1 cm³/mol. The lowest BCUT2D eigenvalue weighted by Gasteiger charge is -2.18. The summed E-state index contributed by atoms with van der Waals surface area (Å²) in [5.74, 6) is 0. The van der Waals surface area contributed by atoms with Gasteiger partial charge in [0.15, 0.2) is 0 Å². The van der Waals surface area contributed by atoms with Crippen molar-refractivity contribution in [1.82, 2.24) is 5.32 Å². The van der Waals surface area contributed by atoms with Crippen LogP contribution in [0.1, 0.15) is 31.1 Å². The molecular formula is C13H21NO. The van der Waals surface area contributed by atoms with Gasteiger partial charge in [-0.25, -0.2) is 0 Å². The molecule has 0 fully saturated rings. The highest BCUT2D eigenvalue weighted by molar-refractivity contribution is 5.23. The first-order valence-electron chi connectivity index (χ1n) is 5.46. The molecule has 0 saturated heterocycles. The van der Waals surface area contributed by atoms with Gasteiger partial charge >= 0.3 is 0 Å². The second-order valence-corrected chi connectivity index (χ2v) is 4.20. The van der Waals surface area contributed by atoms with E-state index in [-0.39, 0.29) is 6.10 Å². The van der Waals surface area contributed by atoms with E-state index in [1.54, 1.807) is 7.11 Å². The standard InChI is InChI=1S/C13H21NO/c1-10(2)14-9-13(15-4)12-7-5-11(3)6-8-12/h5-8,10,13-14H,9H2,1-4H3. The van der Waals surface area contributed by atoms with Gasteiger partial charge in [-0.3, -0.25) is 0 Å². The number of benzene rings is 1. The number of hydrogen-bond donors (Lipinski definition) is 1. The van der Waals surface area contributed by atoms with Crippen molar-refractivity contribution in [2.24, 2.45) is 0 Å². The highest BCUT2D eigenvalue weighted by atomic mass is 16.5. The Balaban J connectivity index is 2.61. The Hall–Kier alpha value is -0.860. The van der Waals surface area contributed by atoms with E-state index in [0.717, 1.165) is 6.54 Å². The van der Waals surface area contributed by atoms with Crippen LogP contribution < -0.4 is 5.32 Å². The molecule has 0 aliphatic carbocycles. The van der Waals surface area contributed by atoms with Crippen molar-refractivity contribution in [3.05, 3.63) is 35.4 Å². The maximum atomic E-state index is 5.46. The van der Waals surface area contributed by atoms with Crippen molar-refractivity contribution < 1.29 is 4.74 Å². The first kappa shape index (κ1) is 12.2. The van der Waals surface area contributed by atoms with Gasteiger partial charge < -0.3 is 10.1 Å². The highest BCUT2D eigenvalue weighted by Crippen LogP contribution is 2.16. The van der Waals surface area contributed by atoms with Crippen molar-refractivity contribution in [3.8, 4) is 0 Å². The molecule has 15 heavy (non-hydrogen) atoms. The molecular weight excluding hydrogens is 186 g/mol. The Kier molecular flexibility index (Phi) is 4.79. The number of nitrogens with one attached hydrogen (secondary N) is 1. The van der Waals surface area contributed by atoms with Crippen molar-refractivity contribution in [3.63, 3.8) is 0 Å². The van der Waals surface area contributed by atoms with E-state index < -0.39 is 0 Å². The molecule has 2 nitrogen and oxygen atoms in total. The van der Waals surface area contributed by atoms with Crippen LogP contribution in [-0.2, 0) is 4.74 Å².